The van der Waals surface area contributed by atoms with Crippen molar-refractivity contribution >= 4 is 60.9 Å². The second-order valence-electron chi connectivity index (χ2n) is 13.9. The second kappa shape index (κ2) is 13.9. The van der Waals surface area contributed by atoms with Gasteiger partial charge < -0.3 is 25.3 Å². The summed E-state index contributed by atoms with van der Waals surface area (Å²) in [5, 5.41) is 18.9. The molecule has 1 heterocycles. The predicted octanol–water partition coefficient (Wildman–Crippen LogP) is 1.12. The number of likely N-dealkylation sites (tertiary alicyclic amines) is 1. The molecule has 2 aromatic carbocycles. The fraction of sp³-hybridized carbons (Fsp3) is 0.343. The maximum atomic E-state index is 13.1. The zero-order valence-electron chi connectivity index (χ0n) is 28.5. The number of hydrogen-bond donors (Lipinski definition) is 4. The number of imide groups is 1. The molecular formula is C35H37N4O11S2-. The zero-order valence-corrected chi connectivity index (χ0v) is 30.1. The van der Waals surface area contributed by atoms with Crippen molar-refractivity contribution in [1.82, 2.24) is 10.2 Å². The van der Waals surface area contributed by atoms with E-state index >= 15 is 0 Å². The molecule has 52 heavy (non-hydrogen) atoms. The number of carbonyl (C=O) groups excluding carboxylic acids is 3. The van der Waals surface area contributed by atoms with Crippen molar-refractivity contribution in [2.75, 3.05) is 18.8 Å². The van der Waals surface area contributed by atoms with Crippen molar-refractivity contribution in [3.05, 3.63) is 86.4 Å². The summed E-state index contributed by atoms with van der Waals surface area (Å²) in [5.41, 5.74) is 3.68. The van der Waals surface area contributed by atoms with E-state index in [4.69, 9.17) is 11.1 Å². The van der Waals surface area contributed by atoms with Gasteiger partial charge in [0.05, 0.1) is 16.4 Å². The highest BCUT2D eigenvalue weighted by molar-refractivity contribution is 7.90. The van der Waals surface area contributed by atoms with Crippen LogP contribution in [0.2, 0.25) is 0 Å². The summed E-state index contributed by atoms with van der Waals surface area (Å²) >= 11 is 0. The number of nitrogen functional groups attached to an aromatic ring is 1. The Balaban J connectivity index is 1.43. The lowest BCUT2D eigenvalue weighted by molar-refractivity contribution is -0.140. The van der Waals surface area contributed by atoms with Gasteiger partial charge >= 0.3 is 5.97 Å². The first-order chi connectivity index (χ1) is 24.1. The molecule has 3 amide bonds. The molecule has 2 aromatic rings. The van der Waals surface area contributed by atoms with Gasteiger partial charge in [0, 0.05) is 43.3 Å². The number of nitrogens with two attached hydrogens (primary N) is 2. The van der Waals surface area contributed by atoms with Crippen molar-refractivity contribution < 1.29 is 55.6 Å². The van der Waals surface area contributed by atoms with Gasteiger partial charge in [0.1, 0.15) is 25.1 Å². The van der Waals surface area contributed by atoms with Crippen molar-refractivity contribution in [3.8, 4) is 0 Å². The molecule has 0 radical (unpaired) electrons. The van der Waals surface area contributed by atoms with E-state index in [1.807, 2.05) is 20.8 Å². The third-order valence-corrected chi connectivity index (χ3v) is 11.4. The van der Waals surface area contributed by atoms with Gasteiger partial charge in [0.15, 0.2) is 0 Å². The number of unbranched alkanes of at least 4 members (excludes halogenated alkanes) is 2. The summed E-state index contributed by atoms with van der Waals surface area (Å²) in [5.74, 6) is -2.85. The average molecular weight is 754 g/mol. The highest BCUT2D eigenvalue weighted by atomic mass is 32.2. The predicted molar refractivity (Wildman–Crippen MR) is 185 cm³/mol. The Morgan fingerprint density at radius 3 is 2.27 bits per heavy atom. The van der Waals surface area contributed by atoms with Gasteiger partial charge in [0.2, 0.25) is 17.5 Å². The number of carboxylic acids is 1. The SMILES string of the molecule is CC(C)(C)C1CC(=O)N(CCCCCNC(=O)c2ccc(C3=C4C=CC(=[NH2+])C(S(=O)(=O)[O-])=C4Cc4c3ccc(N)c4S(=O)(=O)[O-])c(C(=O)O)c2)C1=O. The zero-order chi connectivity index (χ0) is 38.5. The number of rotatable bonds is 11. The molecule has 1 saturated heterocycles. The van der Waals surface area contributed by atoms with Crippen molar-refractivity contribution in [2.45, 2.75) is 57.8 Å². The van der Waals surface area contributed by atoms with Crippen LogP contribution in [0.15, 0.2) is 63.4 Å². The van der Waals surface area contributed by atoms with Crippen LogP contribution in [-0.2, 0) is 36.2 Å². The summed E-state index contributed by atoms with van der Waals surface area (Å²) in [6.07, 6.45) is 3.75. The normalized spacial score (nSPS) is 17.8. The van der Waals surface area contributed by atoms with Gasteiger partial charge in [-0.3, -0.25) is 24.7 Å². The Hall–Kier alpha value is -4.97. The molecule has 1 atom stereocenters. The number of carbonyl (C=O) groups is 4. The summed E-state index contributed by atoms with van der Waals surface area (Å²) in [6, 6.07) is 6.19. The number of fused-ring (bicyclic) bond motifs is 2. The molecule has 0 spiro atoms. The van der Waals surface area contributed by atoms with Crippen molar-refractivity contribution in [2.24, 2.45) is 11.3 Å². The number of nitrogens with zero attached hydrogens (tertiary/aromatic N) is 1. The van der Waals surface area contributed by atoms with Gasteiger partial charge in [-0.2, -0.15) is 0 Å². The summed E-state index contributed by atoms with van der Waals surface area (Å²) in [7, 11) is -10.5. The number of aromatic carboxylic acids is 1. The maximum absolute atomic E-state index is 13.1. The van der Waals surface area contributed by atoms with E-state index in [1.165, 1.54) is 29.2 Å². The molecule has 0 bridgehead atoms. The van der Waals surface area contributed by atoms with E-state index in [-0.39, 0.29) is 81.6 Å². The number of nitrogens with one attached hydrogen (secondary N) is 1. The minimum Gasteiger partial charge on any atom is -0.744 e. The van der Waals surface area contributed by atoms with Crippen LogP contribution in [0.5, 0.6) is 0 Å². The van der Waals surface area contributed by atoms with Gasteiger partial charge in [-0.15, -0.1) is 0 Å². The minimum absolute atomic E-state index is 0.0285. The molecule has 3 aliphatic rings. The first-order valence-electron chi connectivity index (χ1n) is 16.2. The summed E-state index contributed by atoms with van der Waals surface area (Å²) in [4.78, 5) is 50.4. The molecule has 17 heteroatoms. The molecule has 1 fully saturated rings. The number of hydrogen-bond acceptors (Lipinski definition) is 11. The van der Waals surface area contributed by atoms with Gasteiger partial charge in [-0.25, -0.2) is 21.6 Å². The van der Waals surface area contributed by atoms with E-state index in [0.717, 1.165) is 18.2 Å². The van der Waals surface area contributed by atoms with Gasteiger partial charge in [-0.1, -0.05) is 32.9 Å². The standard InChI is InChI=1S/C35H38N4O11S2/c1-35(2,3)25-17-28(40)39(33(25)42)14-6-4-5-13-38-32(41)18-7-8-21(24(15-18)34(43)44)29-19-9-11-26(36)30(51(45,46)47)22(19)16-23-20(29)10-12-27(37)31(23)52(48,49)50/h7-12,15,25,36H,4-6,13-14,16-17,37H2,1-3H3,(H,38,41)(H,43,44)(H,45,46,47)(H,48,49,50)/p-1. The third-order valence-electron chi connectivity index (χ3n) is 9.39. The number of allylic oxidation sites excluding steroid dienone is 5. The molecular weight excluding hydrogens is 717 g/mol. The van der Waals surface area contributed by atoms with Gasteiger partial charge in [0.25, 0.3) is 5.91 Å². The van der Waals surface area contributed by atoms with Crippen LogP contribution in [0.25, 0.3) is 5.57 Å². The lowest BCUT2D eigenvalue weighted by Gasteiger charge is -2.31. The smallest absolute Gasteiger partial charge is 0.336 e. The summed E-state index contributed by atoms with van der Waals surface area (Å²) < 4.78 is 74.3. The van der Waals surface area contributed by atoms with E-state index in [2.05, 4.69) is 5.32 Å². The molecule has 6 N–H and O–H groups in total. The third kappa shape index (κ3) is 7.34. The average Bonchev–Trinajstić information content (AvgIpc) is 3.32. The Morgan fingerprint density at radius 2 is 1.67 bits per heavy atom. The molecule has 0 saturated carbocycles. The molecule has 5 rings (SSSR count). The van der Waals surface area contributed by atoms with Crippen LogP contribution in [0.1, 0.15) is 83.9 Å². The van der Waals surface area contributed by atoms with Crippen LogP contribution in [0, 0.1) is 11.3 Å². The molecule has 276 valence electrons. The first kappa shape index (κ1) is 38.3. The quantitative estimate of drug-likeness (QED) is 0.109. The molecule has 15 nitrogen and oxygen atoms in total. The Bertz CT molecular complexity index is 2260. The largest absolute Gasteiger partial charge is 0.744 e. The highest BCUT2D eigenvalue weighted by Crippen LogP contribution is 2.46. The van der Waals surface area contributed by atoms with Crippen LogP contribution in [0.3, 0.4) is 0 Å². The molecule has 1 unspecified atom stereocenters. The Labute approximate surface area is 300 Å². The second-order valence-corrected chi connectivity index (χ2v) is 16.5. The highest BCUT2D eigenvalue weighted by Gasteiger charge is 2.44. The maximum Gasteiger partial charge on any atom is 0.336 e. The van der Waals surface area contributed by atoms with Crippen LogP contribution >= 0.6 is 0 Å². The fourth-order valence-corrected chi connectivity index (χ4v) is 8.55. The van der Waals surface area contributed by atoms with E-state index in [9.17, 15) is 50.2 Å². The summed E-state index contributed by atoms with van der Waals surface area (Å²) in [6.45, 7) is 6.23. The monoisotopic (exact) mass is 753 g/mol. The minimum atomic E-state index is -5.27. The number of carboxylic acid groups (broad SMARTS) is 1. The lowest BCUT2D eigenvalue weighted by atomic mass is 9.76. The van der Waals surface area contributed by atoms with E-state index in [1.54, 1.807) is 0 Å². The van der Waals surface area contributed by atoms with Crippen LogP contribution < -0.4 is 16.5 Å². The number of amides is 3. The van der Waals surface area contributed by atoms with Crippen LogP contribution in [0.4, 0.5) is 5.69 Å². The number of benzene rings is 2. The topological polar surface area (TPSA) is 270 Å². The number of anilines is 1. The van der Waals surface area contributed by atoms with Crippen molar-refractivity contribution in [1.29, 1.82) is 0 Å². The van der Waals surface area contributed by atoms with Gasteiger partial charge in [-0.05, 0) is 82.4 Å². The lowest BCUT2D eigenvalue weighted by Crippen LogP contribution is -2.43. The first-order valence-corrected chi connectivity index (χ1v) is 19.1. The van der Waals surface area contributed by atoms with Crippen LogP contribution in [-0.4, -0.2) is 78.4 Å². The molecule has 2 aliphatic carbocycles. The molecule has 0 aromatic heterocycles. The van der Waals surface area contributed by atoms with E-state index < -0.39 is 65.3 Å². The molecule has 1 aliphatic heterocycles. The fourth-order valence-electron chi connectivity index (χ4n) is 6.86. The Kier molecular flexibility index (Phi) is 10.2. The van der Waals surface area contributed by atoms with E-state index in [0.29, 0.717) is 19.3 Å². The van der Waals surface area contributed by atoms with Crippen molar-refractivity contribution in [3.63, 3.8) is 0 Å². The Morgan fingerprint density at radius 1 is 1.00 bits per heavy atom.